The van der Waals surface area contributed by atoms with Gasteiger partial charge in [0.1, 0.15) is 0 Å². The summed E-state index contributed by atoms with van der Waals surface area (Å²) in [6.45, 7) is 2.01. The maximum atomic E-state index is 6.14. The Balaban J connectivity index is 2.65. The molecule has 0 saturated carbocycles. The van der Waals surface area contributed by atoms with Crippen molar-refractivity contribution in [2.45, 2.75) is 6.92 Å². The van der Waals surface area contributed by atoms with E-state index < -0.39 is 0 Å². The van der Waals surface area contributed by atoms with Crippen LogP contribution in [0, 0.1) is 6.92 Å². The number of halogens is 1. The molecular weight excluding hydrogens is 206 g/mol. The van der Waals surface area contributed by atoms with Crippen LogP contribution >= 0.6 is 11.6 Å². The van der Waals surface area contributed by atoms with E-state index >= 15 is 0 Å². The summed E-state index contributed by atoms with van der Waals surface area (Å²) in [6.07, 6.45) is 0. The van der Waals surface area contributed by atoms with Crippen molar-refractivity contribution in [2.24, 2.45) is 0 Å². The second-order valence-electron chi connectivity index (χ2n) is 3.50. The Morgan fingerprint density at radius 3 is 2.33 bits per heavy atom. The second kappa shape index (κ2) is 3.95. The first-order valence-corrected chi connectivity index (χ1v) is 5.18. The molecule has 0 aliphatic rings. The van der Waals surface area contributed by atoms with Crippen molar-refractivity contribution in [3.05, 3.63) is 53.1 Å². The highest BCUT2D eigenvalue weighted by Gasteiger charge is 2.06. The van der Waals surface area contributed by atoms with Crippen molar-refractivity contribution in [1.29, 1.82) is 0 Å². The van der Waals surface area contributed by atoms with Crippen LogP contribution in [0.25, 0.3) is 11.1 Å². The van der Waals surface area contributed by atoms with Crippen LogP contribution in [-0.2, 0) is 0 Å². The number of hydrogen-bond donors (Lipinski definition) is 1. The summed E-state index contributed by atoms with van der Waals surface area (Å²) < 4.78 is 0. The molecule has 0 unspecified atom stereocenters. The highest BCUT2D eigenvalue weighted by atomic mass is 35.5. The predicted octanol–water partition coefficient (Wildman–Crippen LogP) is 3.90. The molecule has 2 rings (SSSR count). The number of hydrogen-bond acceptors (Lipinski definition) is 1. The van der Waals surface area contributed by atoms with Gasteiger partial charge in [-0.1, -0.05) is 41.9 Å². The molecule has 2 aromatic rings. The zero-order valence-electron chi connectivity index (χ0n) is 8.50. The maximum Gasteiger partial charge on any atom is 0.0484 e. The van der Waals surface area contributed by atoms with Crippen molar-refractivity contribution in [2.75, 3.05) is 5.73 Å². The van der Waals surface area contributed by atoms with Gasteiger partial charge in [-0.05, 0) is 30.2 Å². The molecule has 76 valence electrons. The van der Waals surface area contributed by atoms with Gasteiger partial charge in [0.05, 0.1) is 0 Å². The number of anilines is 1. The maximum absolute atomic E-state index is 6.14. The minimum Gasteiger partial charge on any atom is -0.398 e. The lowest BCUT2D eigenvalue weighted by Crippen LogP contribution is -1.92. The molecule has 0 heterocycles. The number of nitrogens with two attached hydrogens (primary N) is 1. The van der Waals surface area contributed by atoms with Gasteiger partial charge in [-0.15, -0.1) is 0 Å². The van der Waals surface area contributed by atoms with Crippen LogP contribution in [0.3, 0.4) is 0 Å². The van der Waals surface area contributed by atoms with Crippen molar-refractivity contribution in [3.8, 4) is 11.1 Å². The number of nitrogen functional groups attached to an aromatic ring is 1. The van der Waals surface area contributed by atoms with Gasteiger partial charge in [0.15, 0.2) is 0 Å². The van der Waals surface area contributed by atoms with Crippen LogP contribution in [0.2, 0.25) is 5.02 Å². The molecule has 0 fully saturated rings. The van der Waals surface area contributed by atoms with E-state index in [2.05, 4.69) is 0 Å². The molecule has 0 radical (unpaired) electrons. The molecule has 2 aromatic carbocycles. The molecule has 0 spiro atoms. The summed E-state index contributed by atoms with van der Waals surface area (Å²) in [6, 6.07) is 13.7. The highest BCUT2D eigenvalue weighted by molar-refractivity contribution is 6.33. The fraction of sp³-hybridized carbons (Fsp3) is 0.0769. The van der Waals surface area contributed by atoms with Gasteiger partial charge in [-0.25, -0.2) is 0 Å². The SMILES string of the molecule is Cc1c(N)cccc1-c1ccccc1Cl. The average Bonchev–Trinajstić information content (AvgIpc) is 2.23. The molecule has 0 aliphatic carbocycles. The zero-order chi connectivity index (χ0) is 10.8. The Morgan fingerprint density at radius 1 is 0.933 bits per heavy atom. The van der Waals surface area contributed by atoms with Crippen molar-refractivity contribution in [3.63, 3.8) is 0 Å². The minimum atomic E-state index is 0.756. The van der Waals surface area contributed by atoms with E-state index in [1.807, 2.05) is 49.4 Å². The molecule has 0 bridgehead atoms. The molecule has 2 N–H and O–H groups in total. The van der Waals surface area contributed by atoms with Gasteiger partial charge in [0, 0.05) is 16.3 Å². The van der Waals surface area contributed by atoms with E-state index in [9.17, 15) is 0 Å². The molecular formula is C13H12ClN. The summed E-state index contributed by atoms with van der Waals surface area (Å²) in [5.41, 5.74) is 9.87. The van der Waals surface area contributed by atoms with Gasteiger partial charge in [-0.2, -0.15) is 0 Å². The van der Waals surface area contributed by atoms with Crippen LogP contribution in [0.5, 0.6) is 0 Å². The minimum absolute atomic E-state index is 0.756. The van der Waals surface area contributed by atoms with Gasteiger partial charge >= 0.3 is 0 Å². The molecule has 0 amide bonds. The van der Waals surface area contributed by atoms with E-state index in [-0.39, 0.29) is 0 Å². The lowest BCUT2D eigenvalue weighted by molar-refractivity contribution is 1.46. The molecule has 0 saturated heterocycles. The number of benzene rings is 2. The van der Waals surface area contributed by atoms with Gasteiger partial charge in [0.25, 0.3) is 0 Å². The first-order valence-electron chi connectivity index (χ1n) is 4.80. The third kappa shape index (κ3) is 1.83. The van der Waals surface area contributed by atoms with Crippen LogP contribution in [0.4, 0.5) is 5.69 Å². The Hall–Kier alpha value is -1.47. The van der Waals surface area contributed by atoms with E-state index in [1.165, 1.54) is 0 Å². The van der Waals surface area contributed by atoms with Gasteiger partial charge in [0.2, 0.25) is 0 Å². The van der Waals surface area contributed by atoms with E-state index in [1.54, 1.807) is 0 Å². The lowest BCUT2D eigenvalue weighted by Gasteiger charge is -2.09. The standard InChI is InChI=1S/C13H12ClN/c1-9-10(6-4-8-13(9)15)11-5-2-3-7-12(11)14/h2-8H,15H2,1H3. The number of rotatable bonds is 1. The quantitative estimate of drug-likeness (QED) is 0.721. The molecule has 15 heavy (non-hydrogen) atoms. The Bertz CT molecular complexity index is 492. The van der Waals surface area contributed by atoms with Crippen LogP contribution in [0.15, 0.2) is 42.5 Å². The first kappa shape index (κ1) is 10.1. The fourth-order valence-corrected chi connectivity index (χ4v) is 1.86. The van der Waals surface area contributed by atoms with E-state index in [0.29, 0.717) is 0 Å². The van der Waals surface area contributed by atoms with Gasteiger partial charge < -0.3 is 5.73 Å². The van der Waals surface area contributed by atoms with Crippen LogP contribution in [0.1, 0.15) is 5.56 Å². The third-order valence-electron chi connectivity index (χ3n) is 2.54. The topological polar surface area (TPSA) is 26.0 Å². The average molecular weight is 218 g/mol. The molecule has 1 nitrogen and oxygen atoms in total. The summed E-state index contributed by atoms with van der Waals surface area (Å²) in [7, 11) is 0. The third-order valence-corrected chi connectivity index (χ3v) is 2.87. The van der Waals surface area contributed by atoms with E-state index in [4.69, 9.17) is 17.3 Å². The van der Waals surface area contributed by atoms with Crippen molar-refractivity contribution >= 4 is 17.3 Å². The lowest BCUT2D eigenvalue weighted by atomic mass is 9.99. The Labute approximate surface area is 94.5 Å². The summed E-state index contributed by atoms with van der Waals surface area (Å²) in [5, 5.41) is 0.756. The predicted molar refractivity (Wildman–Crippen MR) is 66.0 cm³/mol. The summed E-state index contributed by atoms with van der Waals surface area (Å²) in [4.78, 5) is 0. The Kier molecular flexibility index (Phi) is 2.65. The van der Waals surface area contributed by atoms with Crippen LogP contribution < -0.4 is 5.73 Å². The fourth-order valence-electron chi connectivity index (χ4n) is 1.62. The summed E-state index contributed by atoms with van der Waals surface area (Å²) in [5.74, 6) is 0. The van der Waals surface area contributed by atoms with Crippen LogP contribution in [-0.4, -0.2) is 0 Å². The van der Waals surface area contributed by atoms with Crippen molar-refractivity contribution in [1.82, 2.24) is 0 Å². The van der Waals surface area contributed by atoms with Gasteiger partial charge in [-0.3, -0.25) is 0 Å². The Morgan fingerprint density at radius 2 is 1.60 bits per heavy atom. The normalized spacial score (nSPS) is 10.3. The largest absolute Gasteiger partial charge is 0.398 e. The molecule has 0 atom stereocenters. The molecule has 2 heteroatoms. The molecule has 0 aromatic heterocycles. The van der Waals surface area contributed by atoms with E-state index in [0.717, 1.165) is 27.4 Å². The highest BCUT2D eigenvalue weighted by Crippen LogP contribution is 2.31. The summed E-state index contributed by atoms with van der Waals surface area (Å²) >= 11 is 6.14. The monoisotopic (exact) mass is 217 g/mol. The zero-order valence-corrected chi connectivity index (χ0v) is 9.25. The smallest absolute Gasteiger partial charge is 0.0484 e. The van der Waals surface area contributed by atoms with Crippen molar-refractivity contribution < 1.29 is 0 Å². The molecule has 0 aliphatic heterocycles. The second-order valence-corrected chi connectivity index (χ2v) is 3.91. The first-order chi connectivity index (χ1) is 7.20.